The van der Waals surface area contributed by atoms with Gasteiger partial charge in [0.2, 0.25) is 5.91 Å². The first-order valence-corrected chi connectivity index (χ1v) is 7.39. The van der Waals surface area contributed by atoms with E-state index in [1.807, 2.05) is 0 Å². The Bertz CT molecular complexity index is 327. The van der Waals surface area contributed by atoms with E-state index in [-0.39, 0.29) is 11.8 Å². The second kappa shape index (κ2) is 6.92. The van der Waals surface area contributed by atoms with E-state index in [2.05, 4.69) is 26.1 Å². The molecule has 0 aliphatic heterocycles. The molecule has 0 aromatic carbocycles. The molecule has 0 radical (unpaired) electrons. The summed E-state index contributed by atoms with van der Waals surface area (Å²) in [7, 11) is 0. The fourth-order valence-electron chi connectivity index (χ4n) is 3.12. The molecule has 1 aliphatic rings. The van der Waals surface area contributed by atoms with Crippen LogP contribution in [-0.4, -0.2) is 23.0 Å². The van der Waals surface area contributed by atoms with Crippen LogP contribution in [-0.2, 0) is 9.59 Å². The van der Waals surface area contributed by atoms with E-state index < -0.39 is 12.0 Å². The summed E-state index contributed by atoms with van der Waals surface area (Å²) in [6.07, 6.45) is 3.55. The van der Waals surface area contributed by atoms with Gasteiger partial charge in [-0.25, -0.2) is 4.79 Å². The Morgan fingerprint density at radius 1 is 1.32 bits per heavy atom. The summed E-state index contributed by atoms with van der Waals surface area (Å²) in [4.78, 5) is 23.4. The number of hydrogen-bond acceptors (Lipinski definition) is 2. The number of carboxylic acid groups (broad SMARTS) is 1. The van der Waals surface area contributed by atoms with Crippen LogP contribution in [0.4, 0.5) is 0 Å². The van der Waals surface area contributed by atoms with E-state index in [1.165, 1.54) is 6.42 Å². The van der Waals surface area contributed by atoms with Crippen molar-refractivity contribution in [3.63, 3.8) is 0 Å². The quantitative estimate of drug-likeness (QED) is 0.806. The molecule has 0 saturated heterocycles. The Hall–Kier alpha value is -1.06. The third-order valence-electron chi connectivity index (χ3n) is 4.38. The third-order valence-corrected chi connectivity index (χ3v) is 4.38. The van der Waals surface area contributed by atoms with Crippen molar-refractivity contribution >= 4 is 11.9 Å². The van der Waals surface area contributed by atoms with Crippen molar-refractivity contribution in [3.8, 4) is 0 Å². The summed E-state index contributed by atoms with van der Waals surface area (Å²) in [6.45, 7) is 8.25. The van der Waals surface area contributed by atoms with Gasteiger partial charge in [0.05, 0.1) is 0 Å². The molecule has 2 N–H and O–H groups in total. The van der Waals surface area contributed by atoms with Crippen molar-refractivity contribution in [3.05, 3.63) is 0 Å². The van der Waals surface area contributed by atoms with Gasteiger partial charge in [-0.05, 0) is 37.0 Å². The van der Waals surface area contributed by atoms with Crippen LogP contribution in [0.25, 0.3) is 0 Å². The summed E-state index contributed by atoms with van der Waals surface area (Å²) >= 11 is 0. The average molecular weight is 269 g/mol. The number of carboxylic acids is 1. The molecule has 19 heavy (non-hydrogen) atoms. The van der Waals surface area contributed by atoms with Gasteiger partial charge >= 0.3 is 5.97 Å². The van der Waals surface area contributed by atoms with Gasteiger partial charge in [-0.3, -0.25) is 4.79 Å². The maximum absolute atomic E-state index is 12.4. The molecule has 4 nitrogen and oxygen atoms in total. The zero-order chi connectivity index (χ0) is 14.6. The molecule has 0 aromatic heterocycles. The fraction of sp³-hybridized carbons (Fsp3) is 0.867. The van der Waals surface area contributed by atoms with Gasteiger partial charge in [0, 0.05) is 5.92 Å². The van der Waals surface area contributed by atoms with Crippen LogP contribution in [0.15, 0.2) is 0 Å². The van der Waals surface area contributed by atoms with Gasteiger partial charge in [-0.15, -0.1) is 0 Å². The van der Waals surface area contributed by atoms with E-state index in [4.69, 9.17) is 5.11 Å². The van der Waals surface area contributed by atoms with Gasteiger partial charge in [-0.2, -0.15) is 0 Å². The predicted octanol–water partition coefficient (Wildman–Crippen LogP) is 2.67. The van der Waals surface area contributed by atoms with Crippen molar-refractivity contribution in [2.45, 2.75) is 59.4 Å². The number of carbonyl (C=O) groups is 2. The van der Waals surface area contributed by atoms with E-state index in [0.29, 0.717) is 24.2 Å². The molecule has 0 spiro atoms. The number of aliphatic carboxylic acids is 1. The Kier molecular flexibility index (Phi) is 5.83. The smallest absolute Gasteiger partial charge is 0.326 e. The minimum atomic E-state index is -0.944. The van der Waals surface area contributed by atoms with Crippen LogP contribution in [0.3, 0.4) is 0 Å². The highest BCUT2D eigenvalue weighted by molar-refractivity contribution is 5.85. The van der Waals surface area contributed by atoms with E-state index in [1.54, 1.807) is 6.92 Å². The maximum Gasteiger partial charge on any atom is 0.326 e. The van der Waals surface area contributed by atoms with E-state index >= 15 is 0 Å². The standard InChI is InChI=1S/C15H27NO3/c1-5-13(15(18)19)16-14(17)12-8-10(4)6-7-11(12)9(2)3/h9-13H,5-8H2,1-4H3,(H,16,17)(H,18,19)/t10-,11+,12-,13?/m1/s1. The number of carbonyl (C=O) groups excluding carboxylic acids is 1. The minimum Gasteiger partial charge on any atom is -0.480 e. The molecule has 1 unspecified atom stereocenters. The molecule has 1 amide bonds. The van der Waals surface area contributed by atoms with E-state index in [9.17, 15) is 9.59 Å². The Morgan fingerprint density at radius 2 is 1.95 bits per heavy atom. The van der Waals surface area contributed by atoms with Gasteiger partial charge in [0.1, 0.15) is 6.04 Å². The molecule has 110 valence electrons. The Labute approximate surface area is 116 Å². The molecular formula is C15H27NO3. The molecular weight excluding hydrogens is 242 g/mol. The normalized spacial score (nSPS) is 29.0. The predicted molar refractivity (Wildman–Crippen MR) is 74.7 cm³/mol. The summed E-state index contributed by atoms with van der Waals surface area (Å²) < 4.78 is 0. The van der Waals surface area contributed by atoms with Crippen LogP contribution < -0.4 is 5.32 Å². The molecule has 4 heteroatoms. The molecule has 0 heterocycles. The van der Waals surface area contributed by atoms with Crippen molar-refractivity contribution in [1.82, 2.24) is 5.32 Å². The molecule has 4 atom stereocenters. The summed E-state index contributed by atoms with van der Waals surface area (Å²) in [5, 5.41) is 11.7. The van der Waals surface area contributed by atoms with Crippen LogP contribution >= 0.6 is 0 Å². The molecule has 1 rings (SSSR count). The highest BCUT2D eigenvalue weighted by Crippen LogP contribution is 2.38. The number of hydrogen-bond donors (Lipinski definition) is 2. The van der Waals surface area contributed by atoms with Crippen molar-refractivity contribution in [2.75, 3.05) is 0 Å². The molecule has 0 aromatic rings. The van der Waals surface area contributed by atoms with Gasteiger partial charge in [-0.1, -0.05) is 34.1 Å². The zero-order valence-electron chi connectivity index (χ0n) is 12.5. The average Bonchev–Trinajstić information content (AvgIpc) is 2.34. The highest BCUT2D eigenvalue weighted by Gasteiger charge is 2.36. The second-order valence-corrected chi connectivity index (χ2v) is 6.24. The van der Waals surface area contributed by atoms with Gasteiger partial charge < -0.3 is 10.4 Å². The number of nitrogens with one attached hydrogen (secondary N) is 1. The number of amides is 1. The molecule has 0 bridgehead atoms. The molecule has 1 saturated carbocycles. The summed E-state index contributed by atoms with van der Waals surface area (Å²) in [5.41, 5.74) is 0. The Morgan fingerprint density at radius 3 is 2.42 bits per heavy atom. The number of rotatable bonds is 5. The van der Waals surface area contributed by atoms with Crippen molar-refractivity contribution in [1.29, 1.82) is 0 Å². The lowest BCUT2D eigenvalue weighted by Crippen LogP contribution is -2.47. The highest BCUT2D eigenvalue weighted by atomic mass is 16.4. The topological polar surface area (TPSA) is 66.4 Å². The van der Waals surface area contributed by atoms with Crippen LogP contribution in [0.2, 0.25) is 0 Å². The minimum absolute atomic E-state index is 0.0304. The monoisotopic (exact) mass is 269 g/mol. The lowest BCUT2D eigenvalue weighted by atomic mass is 9.69. The largest absolute Gasteiger partial charge is 0.480 e. The summed E-state index contributed by atoms with van der Waals surface area (Å²) in [5.74, 6) is 0.351. The first-order valence-electron chi connectivity index (χ1n) is 7.39. The zero-order valence-corrected chi connectivity index (χ0v) is 12.5. The van der Waals surface area contributed by atoms with E-state index in [0.717, 1.165) is 12.8 Å². The third kappa shape index (κ3) is 4.22. The molecule has 1 aliphatic carbocycles. The molecule has 1 fully saturated rings. The lowest BCUT2D eigenvalue weighted by molar-refractivity contribution is -0.143. The van der Waals surface area contributed by atoms with Gasteiger partial charge in [0.15, 0.2) is 0 Å². The Balaban J connectivity index is 2.73. The summed E-state index contributed by atoms with van der Waals surface area (Å²) in [6, 6.07) is -0.752. The van der Waals surface area contributed by atoms with Crippen molar-refractivity contribution in [2.24, 2.45) is 23.7 Å². The van der Waals surface area contributed by atoms with Crippen molar-refractivity contribution < 1.29 is 14.7 Å². The first-order chi connectivity index (χ1) is 8.86. The van der Waals surface area contributed by atoms with Crippen LogP contribution in [0.1, 0.15) is 53.4 Å². The maximum atomic E-state index is 12.4. The SMILES string of the molecule is CCC(NC(=O)[C@@H]1C[C@H](C)CC[C@H]1C(C)C)C(=O)O. The van der Waals surface area contributed by atoms with Crippen LogP contribution in [0.5, 0.6) is 0 Å². The fourth-order valence-corrected chi connectivity index (χ4v) is 3.12. The van der Waals surface area contributed by atoms with Gasteiger partial charge in [0.25, 0.3) is 0 Å². The second-order valence-electron chi connectivity index (χ2n) is 6.24. The van der Waals surface area contributed by atoms with Crippen LogP contribution in [0, 0.1) is 23.7 Å². The first kappa shape index (κ1) is 16.0. The lowest BCUT2D eigenvalue weighted by Gasteiger charge is -2.36.